The summed E-state index contributed by atoms with van der Waals surface area (Å²) in [5.74, 6) is 0. The van der Waals surface area contributed by atoms with E-state index < -0.39 is 0 Å². The predicted octanol–water partition coefficient (Wildman–Crippen LogP) is 2.54. The second-order valence-electron chi connectivity index (χ2n) is 2.48. The molecule has 0 aliphatic carbocycles. The van der Waals surface area contributed by atoms with Gasteiger partial charge in [-0.05, 0) is 45.9 Å². The van der Waals surface area contributed by atoms with Crippen LogP contribution in [0.5, 0.6) is 0 Å². The van der Waals surface area contributed by atoms with E-state index in [0.717, 1.165) is 0 Å². The van der Waals surface area contributed by atoms with Crippen LogP contribution in [0.25, 0.3) is 0 Å². The number of nitrogens with one attached hydrogen (secondary N) is 1. The lowest BCUT2D eigenvalue weighted by Crippen LogP contribution is -2.34. The van der Waals surface area contributed by atoms with Crippen molar-refractivity contribution in [3.05, 3.63) is 20.8 Å². The minimum atomic E-state index is 0.641. The summed E-state index contributed by atoms with van der Waals surface area (Å²) in [6, 6.07) is 2.84. The molecule has 54 valence electrons. The first kappa shape index (κ1) is 6.83. The minimum Gasteiger partial charge on any atom is -0.310 e. The van der Waals surface area contributed by atoms with Crippen molar-refractivity contribution in [1.82, 2.24) is 5.32 Å². The Morgan fingerprint density at radius 2 is 2.50 bits per heavy atom. The van der Waals surface area contributed by atoms with Crippen LogP contribution in [0, 0.1) is 0 Å². The lowest BCUT2D eigenvalue weighted by atomic mass is 10.0. The Labute approximate surface area is 72.6 Å². The third-order valence-corrected chi connectivity index (χ3v) is 3.34. The number of hydrogen-bond acceptors (Lipinski definition) is 2. The van der Waals surface area contributed by atoms with Crippen molar-refractivity contribution in [2.45, 2.75) is 12.5 Å². The Bertz CT molecular complexity index is 229. The summed E-state index contributed by atoms with van der Waals surface area (Å²) in [6.07, 6.45) is 1.29. The Balaban J connectivity index is 2.17. The molecule has 1 aliphatic rings. The van der Waals surface area contributed by atoms with Crippen LogP contribution in [-0.2, 0) is 0 Å². The second kappa shape index (κ2) is 2.64. The molecule has 0 aromatic carbocycles. The van der Waals surface area contributed by atoms with E-state index in [1.807, 2.05) is 0 Å². The van der Waals surface area contributed by atoms with Gasteiger partial charge in [-0.1, -0.05) is 0 Å². The SMILES string of the molecule is Brc1cc(C2CCN2)cs1. The van der Waals surface area contributed by atoms with Gasteiger partial charge < -0.3 is 5.32 Å². The van der Waals surface area contributed by atoms with Gasteiger partial charge in [0, 0.05) is 6.04 Å². The van der Waals surface area contributed by atoms with Gasteiger partial charge in [-0.2, -0.15) is 0 Å². The summed E-state index contributed by atoms with van der Waals surface area (Å²) in [7, 11) is 0. The molecule has 1 nitrogen and oxygen atoms in total. The maximum absolute atomic E-state index is 3.44. The summed E-state index contributed by atoms with van der Waals surface area (Å²) in [5.41, 5.74) is 1.43. The van der Waals surface area contributed by atoms with E-state index in [4.69, 9.17) is 0 Å². The molecule has 1 aromatic heterocycles. The van der Waals surface area contributed by atoms with Crippen LogP contribution in [0.15, 0.2) is 15.2 Å². The number of rotatable bonds is 1. The normalized spacial score (nSPS) is 24.3. The van der Waals surface area contributed by atoms with Crippen LogP contribution in [0.2, 0.25) is 0 Å². The van der Waals surface area contributed by atoms with E-state index in [0.29, 0.717) is 6.04 Å². The molecule has 0 radical (unpaired) electrons. The summed E-state index contributed by atoms with van der Waals surface area (Å²) in [5, 5.41) is 5.57. The molecule has 2 heterocycles. The van der Waals surface area contributed by atoms with Gasteiger partial charge in [0.1, 0.15) is 0 Å². The molecule has 3 heteroatoms. The third-order valence-electron chi connectivity index (χ3n) is 1.81. The maximum Gasteiger partial charge on any atom is 0.0701 e. The van der Waals surface area contributed by atoms with Crippen molar-refractivity contribution in [2.24, 2.45) is 0 Å². The van der Waals surface area contributed by atoms with E-state index in [-0.39, 0.29) is 0 Å². The quantitative estimate of drug-likeness (QED) is 0.763. The molecule has 1 unspecified atom stereocenters. The summed E-state index contributed by atoms with van der Waals surface area (Å²) in [4.78, 5) is 0. The van der Waals surface area contributed by atoms with E-state index in [9.17, 15) is 0 Å². The smallest absolute Gasteiger partial charge is 0.0701 e. The van der Waals surface area contributed by atoms with E-state index in [1.165, 1.54) is 22.3 Å². The first-order valence-electron chi connectivity index (χ1n) is 3.33. The average Bonchev–Trinajstić information content (AvgIpc) is 2.10. The van der Waals surface area contributed by atoms with Crippen LogP contribution in [0.3, 0.4) is 0 Å². The largest absolute Gasteiger partial charge is 0.310 e. The molecule has 1 N–H and O–H groups in total. The monoisotopic (exact) mass is 217 g/mol. The van der Waals surface area contributed by atoms with Crippen molar-refractivity contribution < 1.29 is 0 Å². The van der Waals surface area contributed by atoms with Crippen molar-refractivity contribution in [2.75, 3.05) is 6.54 Å². The molecule has 2 rings (SSSR count). The highest BCUT2D eigenvalue weighted by molar-refractivity contribution is 9.11. The Morgan fingerprint density at radius 3 is 2.90 bits per heavy atom. The first-order chi connectivity index (χ1) is 4.86. The van der Waals surface area contributed by atoms with E-state index in [2.05, 4.69) is 32.7 Å². The molecular weight excluding hydrogens is 210 g/mol. The lowest BCUT2D eigenvalue weighted by Gasteiger charge is -2.26. The van der Waals surface area contributed by atoms with Crippen LogP contribution in [-0.4, -0.2) is 6.54 Å². The van der Waals surface area contributed by atoms with Gasteiger partial charge >= 0.3 is 0 Å². The lowest BCUT2D eigenvalue weighted by molar-refractivity contribution is 0.384. The van der Waals surface area contributed by atoms with Crippen LogP contribution in [0.1, 0.15) is 18.0 Å². The highest BCUT2D eigenvalue weighted by Crippen LogP contribution is 2.29. The Hall–Kier alpha value is 0.140. The van der Waals surface area contributed by atoms with Crippen molar-refractivity contribution in [3.63, 3.8) is 0 Å². The molecule has 10 heavy (non-hydrogen) atoms. The molecule has 0 bridgehead atoms. The zero-order chi connectivity index (χ0) is 6.97. The molecule has 1 atom stereocenters. The predicted molar refractivity (Wildman–Crippen MR) is 47.4 cm³/mol. The molecular formula is C7H8BrNS. The number of thiophene rings is 1. The number of halogens is 1. The fourth-order valence-corrected chi connectivity index (χ4v) is 2.31. The molecule has 1 aromatic rings. The number of hydrogen-bond donors (Lipinski definition) is 1. The second-order valence-corrected chi connectivity index (χ2v) is 4.77. The first-order valence-corrected chi connectivity index (χ1v) is 5.01. The highest BCUT2D eigenvalue weighted by Gasteiger charge is 2.18. The third kappa shape index (κ3) is 1.13. The zero-order valence-electron chi connectivity index (χ0n) is 5.43. The molecule has 0 saturated carbocycles. The van der Waals surface area contributed by atoms with Crippen molar-refractivity contribution >= 4 is 27.3 Å². The van der Waals surface area contributed by atoms with Gasteiger partial charge in [-0.3, -0.25) is 0 Å². The van der Waals surface area contributed by atoms with Gasteiger partial charge in [0.15, 0.2) is 0 Å². The van der Waals surface area contributed by atoms with Crippen LogP contribution < -0.4 is 5.32 Å². The summed E-state index contributed by atoms with van der Waals surface area (Å²) in [6.45, 7) is 1.18. The van der Waals surface area contributed by atoms with Gasteiger partial charge in [0.05, 0.1) is 3.79 Å². The molecule has 0 spiro atoms. The maximum atomic E-state index is 3.44. The molecule has 0 amide bonds. The fraction of sp³-hybridized carbons (Fsp3) is 0.429. The van der Waals surface area contributed by atoms with E-state index in [1.54, 1.807) is 11.3 Å². The highest BCUT2D eigenvalue weighted by atomic mass is 79.9. The van der Waals surface area contributed by atoms with E-state index >= 15 is 0 Å². The van der Waals surface area contributed by atoms with Gasteiger partial charge in [0.25, 0.3) is 0 Å². The molecule has 1 saturated heterocycles. The van der Waals surface area contributed by atoms with Crippen molar-refractivity contribution in [3.8, 4) is 0 Å². The van der Waals surface area contributed by atoms with Gasteiger partial charge in [-0.15, -0.1) is 11.3 Å². The Morgan fingerprint density at radius 1 is 1.70 bits per heavy atom. The van der Waals surface area contributed by atoms with Crippen LogP contribution in [0.4, 0.5) is 0 Å². The molecule has 1 aliphatic heterocycles. The zero-order valence-corrected chi connectivity index (χ0v) is 7.83. The Kier molecular flexibility index (Phi) is 1.80. The minimum absolute atomic E-state index is 0.641. The van der Waals surface area contributed by atoms with Crippen molar-refractivity contribution in [1.29, 1.82) is 0 Å². The standard InChI is InChI=1S/C7H8BrNS/c8-7-3-5(4-10-7)6-1-2-9-6/h3-4,6,9H,1-2H2. The fourth-order valence-electron chi connectivity index (χ4n) is 1.08. The van der Waals surface area contributed by atoms with Gasteiger partial charge in [-0.25, -0.2) is 0 Å². The summed E-state index contributed by atoms with van der Waals surface area (Å²) >= 11 is 5.20. The molecule has 1 fully saturated rings. The summed E-state index contributed by atoms with van der Waals surface area (Å²) < 4.78 is 1.23. The topological polar surface area (TPSA) is 12.0 Å². The van der Waals surface area contributed by atoms with Crippen LogP contribution >= 0.6 is 27.3 Å². The average molecular weight is 218 g/mol. The van der Waals surface area contributed by atoms with Gasteiger partial charge in [0.2, 0.25) is 0 Å².